The van der Waals surface area contributed by atoms with E-state index in [0.29, 0.717) is 22.3 Å². The Morgan fingerprint density at radius 2 is 0.810 bits per heavy atom. The maximum absolute atomic E-state index is 13.0. The highest BCUT2D eigenvalue weighted by molar-refractivity contribution is 6.22. The highest BCUT2D eigenvalue weighted by atomic mass is 16.5. The number of benzene rings is 2. The number of imide groups is 2. The molecule has 1 fully saturated rings. The van der Waals surface area contributed by atoms with Crippen molar-refractivity contribution in [2.45, 2.75) is 12.8 Å². The van der Waals surface area contributed by atoms with Crippen LogP contribution in [0, 0.1) is 0 Å². The molecule has 0 spiro atoms. The van der Waals surface area contributed by atoms with Crippen LogP contribution in [0.15, 0.2) is 48.5 Å². The molecule has 3 aliphatic heterocycles. The van der Waals surface area contributed by atoms with E-state index in [-0.39, 0.29) is 90.4 Å². The topological polar surface area (TPSA) is 134 Å². The molecule has 6 amide bonds. The number of carbonyl (C=O) groups is 6. The summed E-state index contributed by atoms with van der Waals surface area (Å²) in [7, 11) is 0. The number of carbonyl (C=O) groups excluding carboxylic acids is 6. The molecular formula is C30H32N4O8. The smallest absolute Gasteiger partial charge is 0.261 e. The average Bonchev–Trinajstić information content (AvgIpc) is 3.39. The van der Waals surface area contributed by atoms with Gasteiger partial charge in [-0.3, -0.25) is 38.6 Å². The number of hydrogen-bond donors (Lipinski definition) is 0. The van der Waals surface area contributed by atoms with Crippen LogP contribution in [-0.4, -0.2) is 121 Å². The van der Waals surface area contributed by atoms with E-state index in [1.165, 1.54) is 0 Å². The number of hydrogen-bond acceptors (Lipinski definition) is 8. The van der Waals surface area contributed by atoms with Gasteiger partial charge in [-0.2, -0.15) is 0 Å². The van der Waals surface area contributed by atoms with E-state index in [0.717, 1.165) is 9.80 Å². The van der Waals surface area contributed by atoms with Gasteiger partial charge >= 0.3 is 0 Å². The van der Waals surface area contributed by atoms with Crippen molar-refractivity contribution in [3.63, 3.8) is 0 Å². The van der Waals surface area contributed by atoms with Gasteiger partial charge in [0.1, 0.15) is 0 Å². The second kappa shape index (κ2) is 13.0. The molecule has 0 radical (unpaired) electrons. The summed E-state index contributed by atoms with van der Waals surface area (Å²) in [5, 5.41) is 0. The summed E-state index contributed by atoms with van der Waals surface area (Å²) < 4.78 is 11.4. The molecule has 5 rings (SSSR count). The summed E-state index contributed by atoms with van der Waals surface area (Å²) in [6.45, 7) is 2.06. The van der Waals surface area contributed by atoms with Gasteiger partial charge in [-0.05, 0) is 24.3 Å². The fraction of sp³-hybridized carbons (Fsp3) is 0.400. The van der Waals surface area contributed by atoms with Crippen molar-refractivity contribution in [1.29, 1.82) is 0 Å². The predicted molar refractivity (Wildman–Crippen MR) is 148 cm³/mol. The van der Waals surface area contributed by atoms with Crippen molar-refractivity contribution < 1.29 is 38.2 Å². The summed E-state index contributed by atoms with van der Waals surface area (Å²) in [5.74, 6) is -2.03. The van der Waals surface area contributed by atoms with Gasteiger partial charge in [0.2, 0.25) is 11.8 Å². The Bertz CT molecular complexity index is 1220. The molecule has 2 aromatic rings. The van der Waals surface area contributed by atoms with Crippen molar-refractivity contribution in [2.24, 2.45) is 0 Å². The lowest BCUT2D eigenvalue weighted by Gasteiger charge is -2.27. The first-order chi connectivity index (χ1) is 20.4. The van der Waals surface area contributed by atoms with E-state index in [1.807, 2.05) is 0 Å². The standard InChI is InChI=1S/C30H32N4O8/c35-25(9-11-33-27(37)21-5-1-2-6-22(21)28(33)38)31-13-17-41-19-15-32(16-20-42-18-14-31)26(36)10-12-34-29(39)23-7-3-4-8-24(23)30(34)40/h1-8H,9-20H2. The van der Waals surface area contributed by atoms with Crippen LogP contribution in [0.5, 0.6) is 0 Å². The molecule has 0 aromatic heterocycles. The second-order valence-corrected chi connectivity index (χ2v) is 10.1. The Morgan fingerprint density at radius 1 is 0.524 bits per heavy atom. The number of ether oxygens (including phenoxy) is 2. The quantitative estimate of drug-likeness (QED) is 0.466. The first kappa shape index (κ1) is 29.1. The SMILES string of the molecule is O=C(CCN1C(=O)c2ccccc2C1=O)N1CCOCCN(C(=O)CCN2C(=O)c3ccccc3C2=O)CCOCC1. The fourth-order valence-electron chi connectivity index (χ4n) is 5.24. The Morgan fingerprint density at radius 3 is 1.10 bits per heavy atom. The van der Waals surface area contributed by atoms with E-state index in [2.05, 4.69) is 0 Å². The maximum Gasteiger partial charge on any atom is 0.261 e. The molecule has 2 aromatic carbocycles. The zero-order valence-electron chi connectivity index (χ0n) is 23.2. The van der Waals surface area contributed by atoms with Crippen LogP contribution < -0.4 is 0 Å². The third-order valence-corrected chi connectivity index (χ3v) is 7.58. The summed E-state index contributed by atoms with van der Waals surface area (Å²) in [4.78, 5) is 81.7. The molecule has 0 N–H and O–H groups in total. The first-order valence-electron chi connectivity index (χ1n) is 14.0. The number of nitrogens with zero attached hydrogens (tertiary/aromatic N) is 4. The van der Waals surface area contributed by atoms with Crippen LogP contribution in [0.1, 0.15) is 54.3 Å². The Balaban J connectivity index is 1.07. The van der Waals surface area contributed by atoms with Gasteiger partial charge in [0.25, 0.3) is 23.6 Å². The number of fused-ring (bicyclic) bond motifs is 2. The molecule has 0 unspecified atom stereocenters. The highest BCUT2D eigenvalue weighted by Crippen LogP contribution is 2.23. The van der Waals surface area contributed by atoms with Gasteiger partial charge in [0, 0.05) is 52.1 Å². The zero-order valence-corrected chi connectivity index (χ0v) is 23.2. The van der Waals surface area contributed by atoms with Crippen molar-refractivity contribution in [3.05, 3.63) is 70.8 Å². The first-order valence-corrected chi connectivity index (χ1v) is 14.0. The Hall–Kier alpha value is -4.42. The molecule has 0 bridgehead atoms. The fourth-order valence-corrected chi connectivity index (χ4v) is 5.24. The predicted octanol–water partition coefficient (Wildman–Crippen LogP) is 1.06. The molecule has 1 saturated heterocycles. The molecule has 0 saturated carbocycles. The summed E-state index contributed by atoms with van der Waals surface area (Å²) in [5.41, 5.74) is 1.39. The lowest BCUT2D eigenvalue weighted by Crippen LogP contribution is -2.42. The molecule has 12 nitrogen and oxygen atoms in total. The highest BCUT2D eigenvalue weighted by Gasteiger charge is 2.36. The molecule has 42 heavy (non-hydrogen) atoms. The molecule has 3 aliphatic rings. The third kappa shape index (κ3) is 6.09. The minimum atomic E-state index is -0.397. The van der Waals surface area contributed by atoms with Crippen LogP contribution in [0.4, 0.5) is 0 Å². The van der Waals surface area contributed by atoms with Gasteiger partial charge < -0.3 is 19.3 Å². The van der Waals surface area contributed by atoms with Crippen molar-refractivity contribution in [1.82, 2.24) is 19.6 Å². The van der Waals surface area contributed by atoms with Gasteiger partial charge in [-0.1, -0.05) is 24.3 Å². The Kier molecular flexibility index (Phi) is 9.03. The maximum atomic E-state index is 13.0. The van der Waals surface area contributed by atoms with Gasteiger partial charge in [0.15, 0.2) is 0 Å². The minimum Gasteiger partial charge on any atom is -0.378 e. The van der Waals surface area contributed by atoms with Gasteiger partial charge in [-0.15, -0.1) is 0 Å². The lowest BCUT2D eigenvalue weighted by atomic mass is 10.1. The van der Waals surface area contributed by atoms with E-state index < -0.39 is 23.6 Å². The van der Waals surface area contributed by atoms with Crippen molar-refractivity contribution in [3.8, 4) is 0 Å². The van der Waals surface area contributed by atoms with E-state index in [4.69, 9.17) is 9.47 Å². The molecule has 0 aliphatic carbocycles. The number of amides is 6. The molecular weight excluding hydrogens is 544 g/mol. The second-order valence-electron chi connectivity index (χ2n) is 10.1. The monoisotopic (exact) mass is 576 g/mol. The van der Waals surface area contributed by atoms with Crippen LogP contribution in [0.25, 0.3) is 0 Å². The molecule has 0 atom stereocenters. The van der Waals surface area contributed by atoms with Crippen LogP contribution in [0.3, 0.4) is 0 Å². The van der Waals surface area contributed by atoms with Crippen molar-refractivity contribution >= 4 is 35.4 Å². The van der Waals surface area contributed by atoms with E-state index in [9.17, 15) is 28.8 Å². The summed E-state index contributed by atoms with van der Waals surface area (Å²) >= 11 is 0. The largest absolute Gasteiger partial charge is 0.378 e. The average molecular weight is 577 g/mol. The third-order valence-electron chi connectivity index (χ3n) is 7.58. The zero-order chi connectivity index (χ0) is 29.6. The molecule has 12 heteroatoms. The van der Waals surface area contributed by atoms with Crippen molar-refractivity contribution in [2.75, 3.05) is 65.7 Å². The lowest BCUT2D eigenvalue weighted by molar-refractivity contribution is -0.134. The normalized spacial score (nSPS) is 18.1. The summed E-state index contributed by atoms with van der Waals surface area (Å²) in [6.07, 6.45) is -0.0261. The Labute approximate surface area is 242 Å². The number of rotatable bonds is 6. The summed E-state index contributed by atoms with van der Waals surface area (Å²) in [6, 6.07) is 13.2. The molecule has 220 valence electrons. The van der Waals surface area contributed by atoms with Crippen LogP contribution in [-0.2, 0) is 19.1 Å². The van der Waals surface area contributed by atoms with E-state index in [1.54, 1.807) is 58.3 Å². The van der Waals surface area contributed by atoms with E-state index >= 15 is 0 Å². The van der Waals surface area contributed by atoms with Crippen LogP contribution in [0.2, 0.25) is 0 Å². The van der Waals surface area contributed by atoms with Gasteiger partial charge in [0.05, 0.1) is 48.7 Å². The van der Waals surface area contributed by atoms with Gasteiger partial charge in [-0.25, -0.2) is 0 Å². The van der Waals surface area contributed by atoms with Crippen LogP contribution >= 0.6 is 0 Å². The minimum absolute atomic E-state index is 0.0127. The molecule has 3 heterocycles.